The number of phenols is 1. The van der Waals surface area contributed by atoms with Gasteiger partial charge in [-0.3, -0.25) is 4.79 Å². The van der Waals surface area contributed by atoms with Crippen molar-refractivity contribution in [1.82, 2.24) is 4.98 Å². The molecular formula is C22H16N2O2S. The standard InChI is InChI=1S/C22H16N2O2S/c25-18-11-12-19-20(14-18)27-22(24-19)16-7-9-17(10-8-16)23-21(26)13-6-15-4-2-1-3-5-15/h1-14,25H,(H,23,26)/b13-6+. The number of carbonyl (C=O) groups excluding carboxylic acids is 1. The number of hydrogen-bond donors (Lipinski definition) is 2. The second-order valence-electron chi connectivity index (χ2n) is 5.98. The molecule has 0 atom stereocenters. The number of nitrogens with zero attached hydrogens (tertiary/aromatic N) is 1. The first kappa shape index (κ1) is 17.0. The summed E-state index contributed by atoms with van der Waals surface area (Å²) < 4.78 is 0.938. The van der Waals surface area contributed by atoms with Gasteiger partial charge in [0.2, 0.25) is 5.91 Å². The van der Waals surface area contributed by atoms with Gasteiger partial charge in [0.1, 0.15) is 10.8 Å². The normalized spacial score (nSPS) is 11.1. The van der Waals surface area contributed by atoms with E-state index in [2.05, 4.69) is 10.3 Å². The minimum absolute atomic E-state index is 0.179. The van der Waals surface area contributed by atoms with Crippen LogP contribution in [-0.4, -0.2) is 16.0 Å². The first-order valence-electron chi connectivity index (χ1n) is 8.41. The SMILES string of the molecule is O=C(/C=C/c1ccccc1)Nc1ccc(-c2nc3ccc(O)cc3s2)cc1. The molecule has 2 N–H and O–H groups in total. The summed E-state index contributed by atoms with van der Waals surface area (Å²) in [6.45, 7) is 0. The lowest BCUT2D eigenvalue weighted by Crippen LogP contribution is -2.07. The largest absolute Gasteiger partial charge is 0.508 e. The topological polar surface area (TPSA) is 62.2 Å². The van der Waals surface area contributed by atoms with E-state index in [9.17, 15) is 9.90 Å². The molecule has 0 bridgehead atoms. The Morgan fingerprint density at radius 1 is 1.00 bits per heavy atom. The summed E-state index contributed by atoms with van der Waals surface area (Å²) in [6.07, 6.45) is 3.30. The fourth-order valence-electron chi connectivity index (χ4n) is 2.65. The third kappa shape index (κ3) is 4.04. The van der Waals surface area contributed by atoms with Gasteiger partial charge in [-0.15, -0.1) is 11.3 Å². The van der Waals surface area contributed by atoms with Crippen molar-refractivity contribution in [2.24, 2.45) is 0 Å². The maximum absolute atomic E-state index is 12.1. The molecule has 5 heteroatoms. The number of thiazole rings is 1. The zero-order valence-corrected chi connectivity index (χ0v) is 15.1. The Bertz CT molecular complexity index is 1120. The molecule has 0 radical (unpaired) electrons. The number of aromatic hydroxyl groups is 1. The molecular weight excluding hydrogens is 356 g/mol. The van der Waals surface area contributed by atoms with Gasteiger partial charge < -0.3 is 10.4 Å². The average molecular weight is 372 g/mol. The Hall–Kier alpha value is -3.44. The van der Waals surface area contributed by atoms with Crippen molar-refractivity contribution in [1.29, 1.82) is 0 Å². The number of rotatable bonds is 4. The molecule has 4 rings (SSSR count). The van der Waals surface area contributed by atoms with E-state index in [1.807, 2.05) is 54.6 Å². The molecule has 0 saturated heterocycles. The van der Waals surface area contributed by atoms with E-state index in [-0.39, 0.29) is 11.7 Å². The van der Waals surface area contributed by atoms with Crippen LogP contribution in [0.15, 0.2) is 78.9 Å². The lowest BCUT2D eigenvalue weighted by Gasteiger charge is -2.03. The predicted molar refractivity (Wildman–Crippen MR) is 111 cm³/mol. The molecule has 0 saturated carbocycles. The first-order chi connectivity index (χ1) is 13.2. The van der Waals surface area contributed by atoms with E-state index in [4.69, 9.17) is 0 Å². The molecule has 132 valence electrons. The molecule has 4 nitrogen and oxygen atoms in total. The number of fused-ring (bicyclic) bond motifs is 1. The summed E-state index contributed by atoms with van der Waals surface area (Å²) in [7, 11) is 0. The number of phenolic OH excluding ortho intramolecular Hbond substituents is 1. The Labute approximate surface area is 160 Å². The van der Waals surface area contributed by atoms with Crippen LogP contribution in [0.4, 0.5) is 5.69 Å². The zero-order valence-electron chi connectivity index (χ0n) is 14.3. The Kier molecular flexibility index (Phi) is 4.68. The Morgan fingerprint density at radius 2 is 1.78 bits per heavy atom. The quantitative estimate of drug-likeness (QED) is 0.477. The summed E-state index contributed by atoms with van der Waals surface area (Å²) in [5.41, 5.74) is 3.52. The molecule has 0 unspecified atom stereocenters. The van der Waals surface area contributed by atoms with Crippen LogP contribution in [0.3, 0.4) is 0 Å². The van der Waals surface area contributed by atoms with Gasteiger partial charge in [0.25, 0.3) is 0 Å². The number of nitrogens with one attached hydrogen (secondary N) is 1. The van der Waals surface area contributed by atoms with Gasteiger partial charge in [0.15, 0.2) is 0 Å². The molecule has 1 aromatic heterocycles. The van der Waals surface area contributed by atoms with Crippen LogP contribution in [0.5, 0.6) is 5.75 Å². The fourth-order valence-corrected chi connectivity index (χ4v) is 3.66. The molecule has 0 aliphatic carbocycles. The number of hydrogen-bond acceptors (Lipinski definition) is 4. The van der Waals surface area contributed by atoms with E-state index in [1.165, 1.54) is 17.4 Å². The molecule has 1 amide bonds. The molecule has 1 heterocycles. The van der Waals surface area contributed by atoms with Crippen LogP contribution in [0.1, 0.15) is 5.56 Å². The predicted octanol–water partition coefficient (Wildman–Crippen LogP) is 5.32. The van der Waals surface area contributed by atoms with Gasteiger partial charge >= 0.3 is 0 Å². The van der Waals surface area contributed by atoms with Crippen molar-refractivity contribution in [3.63, 3.8) is 0 Å². The van der Waals surface area contributed by atoms with Crippen molar-refractivity contribution in [2.75, 3.05) is 5.32 Å². The maximum Gasteiger partial charge on any atom is 0.248 e. The number of aromatic nitrogens is 1. The lowest BCUT2D eigenvalue weighted by atomic mass is 10.2. The van der Waals surface area contributed by atoms with Gasteiger partial charge in [-0.1, -0.05) is 30.3 Å². The van der Waals surface area contributed by atoms with E-state index < -0.39 is 0 Å². The van der Waals surface area contributed by atoms with Crippen LogP contribution in [0.2, 0.25) is 0 Å². The number of carbonyl (C=O) groups is 1. The highest BCUT2D eigenvalue weighted by Crippen LogP contribution is 2.32. The highest BCUT2D eigenvalue weighted by Gasteiger charge is 2.07. The van der Waals surface area contributed by atoms with Crippen LogP contribution in [0.25, 0.3) is 26.9 Å². The van der Waals surface area contributed by atoms with Crippen molar-refractivity contribution in [2.45, 2.75) is 0 Å². The van der Waals surface area contributed by atoms with E-state index in [0.29, 0.717) is 0 Å². The molecule has 0 spiro atoms. The summed E-state index contributed by atoms with van der Waals surface area (Å²) in [6, 6.07) is 22.4. The molecule has 0 aliphatic rings. The van der Waals surface area contributed by atoms with E-state index >= 15 is 0 Å². The van der Waals surface area contributed by atoms with Crippen molar-refractivity contribution >= 4 is 39.2 Å². The van der Waals surface area contributed by atoms with Crippen molar-refractivity contribution in [3.8, 4) is 16.3 Å². The molecule has 0 fully saturated rings. The van der Waals surface area contributed by atoms with Crippen molar-refractivity contribution in [3.05, 3.63) is 84.4 Å². The smallest absolute Gasteiger partial charge is 0.248 e. The van der Waals surface area contributed by atoms with Crippen molar-refractivity contribution < 1.29 is 9.90 Å². The number of anilines is 1. The number of benzene rings is 3. The highest BCUT2D eigenvalue weighted by molar-refractivity contribution is 7.21. The second-order valence-corrected chi connectivity index (χ2v) is 7.01. The molecule has 0 aliphatic heterocycles. The third-order valence-electron chi connectivity index (χ3n) is 4.00. The summed E-state index contributed by atoms with van der Waals surface area (Å²) in [5.74, 6) is 0.0568. The van der Waals surface area contributed by atoms with Gasteiger partial charge in [-0.25, -0.2) is 4.98 Å². The van der Waals surface area contributed by atoms with E-state index in [0.717, 1.165) is 32.0 Å². The molecule has 4 aromatic rings. The summed E-state index contributed by atoms with van der Waals surface area (Å²) in [4.78, 5) is 16.6. The van der Waals surface area contributed by atoms with Crippen LogP contribution in [0, 0.1) is 0 Å². The van der Waals surface area contributed by atoms with Gasteiger partial charge in [0, 0.05) is 17.3 Å². The summed E-state index contributed by atoms with van der Waals surface area (Å²) >= 11 is 1.52. The zero-order chi connectivity index (χ0) is 18.6. The van der Waals surface area contributed by atoms with Gasteiger partial charge in [0.05, 0.1) is 10.2 Å². The molecule has 3 aromatic carbocycles. The minimum atomic E-state index is -0.179. The Morgan fingerprint density at radius 3 is 2.56 bits per heavy atom. The average Bonchev–Trinajstić information content (AvgIpc) is 3.11. The summed E-state index contributed by atoms with van der Waals surface area (Å²) in [5, 5.41) is 13.3. The Balaban J connectivity index is 1.46. The fraction of sp³-hybridized carbons (Fsp3) is 0. The number of amides is 1. The van der Waals surface area contributed by atoms with Gasteiger partial charge in [-0.2, -0.15) is 0 Å². The minimum Gasteiger partial charge on any atom is -0.508 e. The molecule has 27 heavy (non-hydrogen) atoms. The maximum atomic E-state index is 12.1. The third-order valence-corrected chi connectivity index (χ3v) is 5.07. The van der Waals surface area contributed by atoms with E-state index in [1.54, 1.807) is 24.3 Å². The highest BCUT2D eigenvalue weighted by atomic mass is 32.1. The lowest BCUT2D eigenvalue weighted by molar-refractivity contribution is -0.111. The monoisotopic (exact) mass is 372 g/mol. The second kappa shape index (κ2) is 7.43. The van der Waals surface area contributed by atoms with Crippen LogP contribution < -0.4 is 5.32 Å². The van der Waals surface area contributed by atoms with Gasteiger partial charge in [-0.05, 0) is 54.1 Å². The van der Waals surface area contributed by atoms with Crippen LogP contribution in [-0.2, 0) is 4.79 Å². The first-order valence-corrected chi connectivity index (χ1v) is 9.23. The van der Waals surface area contributed by atoms with Crippen LogP contribution >= 0.6 is 11.3 Å².